The van der Waals surface area contributed by atoms with Gasteiger partial charge in [-0.1, -0.05) is 30.4 Å². The topological polar surface area (TPSA) is 24.4 Å². The molecule has 0 radical (unpaired) electrons. The van der Waals surface area contributed by atoms with Gasteiger partial charge in [0.15, 0.2) is 0 Å². The minimum absolute atomic E-state index is 0.504. The van der Waals surface area contributed by atoms with Crippen molar-refractivity contribution >= 4 is 5.84 Å². The Morgan fingerprint density at radius 2 is 2.06 bits per heavy atom. The van der Waals surface area contributed by atoms with Crippen LogP contribution in [-0.4, -0.2) is 19.9 Å². The van der Waals surface area contributed by atoms with Crippen LogP contribution in [0.3, 0.4) is 0 Å². The monoisotopic (exact) mass is 246 g/mol. The highest BCUT2D eigenvalue weighted by atomic mass is 15.0. The molecule has 0 aliphatic heterocycles. The molecule has 2 nitrogen and oxygen atoms in total. The van der Waals surface area contributed by atoms with E-state index in [1.807, 2.05) is 21.0 Å². The summed E-state index contributed by atoms with van der Waals surface area (Å²) < 4.78 is 0. The maximum Gasteiger partial charge on any atom is 0.0991 e. The lowest BCUT2D eigenvalue weighted by Crippen LogP contribution is -2.30. The minimum Gasteiger partial charge on any atom is -0.377 e. The average molecular weight is 246 g/mol. The van der Waals surface area contributed by atoms with Crippen LogP contribution in [0, 0.1) is 5.92 Å². The molecule has 1 unspecified atom stereocenters. The van der Waals surface area contributed by atoms with E-state index in [0.717, 1.165) is 30.7 Å². The van der Waals surface area contributed by atoms with Crippen molar-refractivity contribution in [3.8, 4) is 0 Å². The molecule has 0 amide bonds. The second-order valence-electron chi connectivity index (χ2n) is 4.42. The van der Waals surface area contributed by atoms with E-state index in [4.69, 9.17) is 0 Å². The van der Waals surface area contributed by atoms with Crippen LogP contribution < -0.4 is 5.32 Å². The van der Waals surface area contributed by atoms with Gasteiger partial charge in [0, 0.05) is 20.0 Å². The molecule has 0 bridgehead atoms. The van der Waals surface area contributed by atoms with Crippen LogP contribution in [-0.2, 0) is 0 Å². The molecule has 100 valence electrons. The Bertz CT molecular complexity index is 361. The maximum absolute atomic E-state index is 4.28. The SMILES string of the molecule is C=C.C=C(C)/C=C1/CCC(C(=NC)NC)CC1=C. The van der Waals surface area contributed by atoms with E-state index in [1.54, 1.807) is 0 Å². The Balaban J connectivity index is 0.00000137. The van der Waals surface area contributed by atoms with E-state index in [9.17, 15) is 0 Å². The van der Waals surface area contributed by atoms with Crippen molar-refractivity contribution in [1.29, 1.82) is 0 Å². The van der Waals surface area contributed by atoms with Crippen LogP contribution in [0.25, 0.3) is 0 Å². The lowest BCUT2D eigenvalue weighted by Gasteiger charge is -2.27. The van der Waals surface area contributed by atoms with Crippen molar-refractivity contribution in [3.05, 3.63) is 49.1 Å². The van der Waals surface area contributed by atoms with E-state index >= 15 is 0 Å². The van der Waals surface area contributed by atoms with Crippen LogP contribution in [0.5, 0.6) is 0 Å². The summed E-state index contributed by atoms with van der Waals surface area (Å²) in [5.41, 5.74) is 3.69. The smallest absolute Gasteiger partial charge is 0.0991 e. The third-order valence-electron chi connectivity index (χ3n) is 3.01. The lowest BCUT2D eigenvalue weighted by atomic mass is 9.81. The van der Waals surface area contributed by atoms with E-state index in [0.29, 0.717) is 5.92 Å². The molecule has 1 saturated carbocycles. The second-order valence-corrected chi connectivity index (χ2v) is 4.42. The first-order valence-electron chi connectivity index (χ1n) is 6.27. The van der Waals surface area contributed by atoms with E-state index in [2.05, 4.69) is 42.7 Å². The van der Waals surface area contributed by atoms with E-state index < -0.39 is 0 Å². The number of allylic oxidation sites excluding steroid dienone is 4. The molecular weight excluding hydrogens is 220 g/mol. The van der Waals surface area contributed by atoms with Crippen molar-refractivity contribution in [1.82, 2.24) is 5.32 Å². The zero-order chi connectivity index (χ0) is 14.1. The summed E-state index contributed by atoms with van der Waals surface area (Å²) in [6, 6.07) is 0. The highest BCUT2D eigenvalue weighted by molar-refractivity contribution is 5.84. The van der Waals surface area contributed by atoms with Gasteiger partial charge >= 0.3 is 0 Å². The predicted octanol–water partition coefficient (Wildman–Crippen LogP) is 3.90. The van der Waals surface area contributed by atoms with Crippen LogP contribution in [0.2, 0.25) is 0 Å². The van der Waals surface area contributed by atoms with Gasteiger partial charge in [0.05, 0.1) is 5.84 Å². The molecule has 1 aliphatic rings. The van der Waals surface area contributed by atoms with Crippen molar-refractivity contribution in [3.63, 3.8) is 0 Å². The van der Waals surface area contributed by atoms with Gasteiger partial charge in [0.25, 0.3) is 0 Å². The fraction of sp³-hybridized carbons (Fsp3) is 0.438. The number of amidine groups is 1. The first kappa shape index (κ1) is 16.4. The number of nitrogens with zero attached hydrogens (tertiary/aromatic N) is 1. The number of rotatable bonds is 2. The molecule has 1 fully saturated rings. The highest BCUT2D eigenvalue weighted by Crippen LogP contribution is 2.32. The van der Waals surface area contributed by atoms with Crippen LogP contribution >= 0.6 is 0 Å². The summed E-state index contributed by atoms with van der Waals surface area (Å²) in [6.45, 7) is 16.1. The Labute approximate surface area is 112 Å². The van der Waals surface area contributed by atoms with Crippen LogP contribution in [0.1, 0.15) is 26.2 Å². The van der Waals surface area contributed by atoms with Crippen LogP contribution in [0.4, 0.5) is 0 Å². The molecule has 0 saturated heterocycles. The van der Waals surface area contributed by atoms with Gasteiger partial charge < -0.3 is 5.32 Å². The third kappa shape index (κ3) is 4.74. The van der Waals surface area contributed by atoms with Gasteiger partial charge in [-0.15, -0.1) is 13.2 Å². The normalized spacial score (nSPS) is 22.2. The molecule has 0 aromatic rings. The zero-order valence-electron chi connectivity index (χ0n) is 12.1. The summed E-state index contributed by atoms with van der Waals surface area (Å²) in [6.07, 6.45) is 5.38. The maximum atomic E-state index is 4.28. The van der Waals surface area contributed by atoms with Crippen molar-refractivity contribution in [2.75, 3.05) is 14.1 Å². The van der Waals surface area contributed by atoms with Gasteiger partial charge in [-0.05, 0) is 31.8 Å². The molecule has 0 aromatic heterocycles. The summed E-state index contributed by atoms with van der Waals surface area (Å²) in [5.74, 6) is 1.60. The fourth-order valence-electron chi connectivity index (χ4n) is 2.24. The molecule has 0 heterocycles. The van der Waals surface area contributed by atoms with E-state index in [1.165, 1.54) is 11.1 Å². The van der Waals surface area contributed by atoms with Gasteiger partial charge in [0.1, 0.15) is 0 Å². The zero-order valence-corrected chi connectivity index (χ0v) is 12.1. The molecule has 1 rings (SSSR count). The molecule has 0 aromatic carbocycles. The van der Waals surface area contributed by atoms with Gasteiger partial charge in [-0.2, -0.15) is 0 Å². The molecule has 1 N–H and O–H groups in total. The first-order valence-corrected chi connectivity index (χ1v) is 6.27. The average Bonchev–Trinajstić information content (AvgIpc) is 2.36. The molecular formula is C16H26N2. The lowest BCUT2D eigenvalue weighted by molar-refractivity contribution is 0.567. The number of nitrogens with one attached hydrogen (secondary N) is 1. The summed E-state index contributed by atoms with van der Waals surface area (Å²) in [7, 11) is 3.78. The number of hydrogen-bond acceptors (Lipinski definition) is 1. The molecule has 1 atom stereocenters. The standard InChI is InChI=1S/C14H22N2.C2H4/c1-10(2)8-12-6-7-13(9-11(12)3)14(15-4)16-5;1-2/h8,13H,1,3,6-7,9H2,2,4-5H3,(H,15,16);1-2H2/b12-8-;. The molecule has 1 aliphatic carbocycles. The van der Waals surface area contributed by atoms with Gasteiger partial charge in [-0.3, -0.25) is 4.99 Å². The van der Waals surface area contributed by atoms with Crippen LogP contribution in [0.15, 0.2) is 54.1 Å². The fourth-order valence-corrected chi connectivity index (χ4v) is 2.24. The predicted molar refractivity (Wildman–Crippen MR) is 83.1 cm³/mol. The summed E-state index contributed by atoms with van der Waals surface area (Å²) >= 11 is 0. The summed E-state index contributed by atoms with van der Waals surface area (Å²) in [4.78, 5) is 4.28. The Morgan fingerprint density at radius 1 is 1.44 bits per heavy atom. The Morgan fingerprint density at radius 3 is 2.44 bits per heavy atom. The van der Waals surface area contributed by atoms with Crippen molar-refractivity contribution in [2.24, 2.45) is 10.9 Å². The number of aliphatic imine (C=N–C) groups is 1. The Hall–Kier alpha value is -1.57. The minimum atomic E-state index is 0.504. The molecule has 2 heteroatoms. The highest BCUT2D eigenvalue weighted by Gasteiger charge is 2.22. The molecule has 0 spiro atoms. The van der Waals surface area contributed by atoms with Crippen molar-refractivity contribution in [2.45, 2.75) is 26.2 Å². The van der Waals surface area contributed by atoms with Gasteiger partial charge in [0.2, 0.25) is 0 Å². The van der Waals surface area contributed by atoms with Crippen molar-refractivity contribution < 1.29 is 0 Å². The number of hydrogen-bond donors (Lipinski definition) is 1. The Kier molecular flexibility index (Phi) is 7.77. The summed E-state index contributed by atoms with van der Waals surface area (Å²) in [5, 5.41) is 3.17. The van der Waals surface area contributed by atoms with Gasteiger partial charge in [-0.25, -0.2) is 0 Å². The molecule has 18 heavy (non-hydrogen) atoms. The van der Waals surface area contributed by atoms with E-state index in [-0.39, 0.29) is 0 Å². The largest absolute Gasteiger partial charge is 0.377 e. The third-order valence-corrected chi connectivity index (χ3v) is 3.01. The quantitative estimate of drug-likeness (QED) is 0.446. The second kappa shape index (κ2) is 8.51. The first-order chi connectivity index (χ1) is 8.58.